The first-order chi connectivity index (χ1) is 6.15. The van der Waals surface area contributed by atoms with Gasteiger partial charge in [0.1, 0.15) is 5.84 Å². The van der Waals surface area contributed by atoms with E-state index in [1.807, 2.05) is 0 Å². The second-order valence-corrected chi connectivity index (χ2v) is 3.87. The Bertz CT molecular complexity index is 193. The largest absolute Gasteiger partial charge is 0.409 e. The van der Waals surface area contributed by atoms with Crippen molar-refractivity contribution in [1.82, 2.24) is 4.90 Å². The molecule has 1 rings (SSSR count). The molecule has 0 aromatic carbocycles. The molecule has 1 saturated heterocycles. The Morgan fingerprint density at radius 2 is 2.46 bits per heavy atom. The van der Waals surface area contributed by atoms with Gasteiger partial charge < -0.3 is 10.9 Å². The number of hydrogen-bond donors (Lipinski definition) is 2. The molecule has 0 aromatic rings. The van der Waals surface area contributed by atoms with Gasteiger partial charge in [-0.3, -0.25) is 4.90 Å². The minimum absolute atomic E-state index is 0.326. The zero-order chi connectivity index (χ0) is 9.84. The van der Waals surface area contributed by atoms with Gasteiger partial charge in [0.05, 0.1) is 0 Å². The molecule has 76 valence electrons. The normalized spacial score (nSPS) is 27.8. The molecule has 2 atom stereocenters. The van der Waals surface area contributed by atoms with Gasteiger partial charge in [-0.15, -0.1) is 0 Å². The molecule has 1 heterocycles. The van der Waals surface area contributed by atoms with Crippen LogP contribution in [0.5, 0.6) is 0 Å². The zero-order valence-corrected chi connectivity index (χ0v) is 8.40. The maximum atomic E-state index is 8.44. The van der Waals surface area contributed by atoms with Crippen LogP contribution in [0.25, 0.3) is 0 Å². The van der Waals surface area contributed by atoms with E-state index in [9.17, 15) is 0 Å². The van der Waals surface area contributed by atoms with Gasteiger partial charge in [0.25, 0.3) is 0 Å². The smallest absolute Gasteiger partial charge is 0.140 e. The molecule has 2 unspecified atom stereocenters. The summed E-state index contributed by atoms with van der Waals surface area (Å²) in [5, 5.41) is 11.4. The van der Waals surface area contributed by atoms with E-state index < -0.39 is 0 Å². The maximum absolute atomic E-state index is 8.44. The van der Waals surface area contributed by atoms with Gasteiger partial charge in [-0.1, -0.05) is 5.16 Å². The molecule has 0 bridgehead atoms. The molecular weight excluding hydrogens is 166 g/mol. The summed E-state index contributed by atoms with van der Waals surface area (Å²) in [6.07, 6.45) is 3.18. The first kappa shape index (κ1) is 10.3. The summed E-state index contributed by atoms with van der Waals surface area (Å²) >= 11 is 0. The highest BCUT2D eigenvalue weighted by Gasteiger charge is 2.25. The number of hydrogen-bond acceptors (Lipinski definition) is 3. The van der Waals surface area contributed by atoms with Crippen LogP contribution in [0.2, 0.25) is 0 Å². The van der Waals surface area contributed by atoms with E-state index in [1.165, 1.54) is 12.8 Å². The van der Waals surface area contributed by atoms with E-state index in [4.69, 9.17) is 10.9 Å². The van der Waals surface area contributed by atoms with Crippen LogP contribution in [0, 0.1) is 0 Å². The Kier molecular flexibility index (Phi) is 3.54. The summed E-state index contributed by atoms with van der Waals surface area (Å²) in [4.78, 5) is 2.41. The predicted molar refractivity (Wildman–Crippen MR) is 52.9 cm³/mol. The van der Waals surface area contributed by atoms with Gasteiger partial charge in [0, 0.05) is 18.5 Å². The molecule has 13 heavy (non-hydrogen) atoms. The maximum Gasteiger partial charge on any atom is 0.140 e. The fourth-order valence-electron chi connectivity index (χ4n) is 2.07. The molecule has 4 nitrogen and oxygen atoms in total. The highest BCUT2D eigenvalue weighted by Crippen LogP contribution is 2.20. The van der Waals surface area contributed by atoms with Crippen molar-refractivity contribution in [3.63, 3.8) is 0 Å². The highest BCUT2D eigenvalue weighted by atomic mass is 16.4. The number of nitrogens with two attached hydrogens (primary N) is 1. The molecule has 1 fully saturated rings. The molecule has 3 N–H and O–H groups in total. The first-order valence-electron chi connectivity index (χ1n) is 4.87. The van der Waals surface area contributed by atoms with Crippen LogP contribution in [0.4, 0.5) is 0 Å². The van der Waals surface area contributed by atoms with Gasteiger partial charge in [0.15, 0.2) is 0 Å². The lowest BCUT2D eigenvalue weighted by atomic mass is 10.1. The number of likely N-dealkylation sites (tertiary alicyclic amines) is 1. The van der Waals surface area contributed by atoms with Crippen LogP contribution >= 0.6 is 0 Å². The van der Waals surface area contributed by atoms with E-state index in [1.54, 1.807) is 0 Å². The van der Waals surface area contributed by atoms with E-state index >= 15 is 0 Å². The van der Waals surface area contributed by atoms with Crippen LogP contribution in [0.1, 0.15) is 33.1 Å². The van der Waals surface area contributed by atoms with E-state index in [0.717, 1.165) is 6.54 Å². The summed E-state index contributed by atoms with van der Waals surface area (Å²) < 4.78 is 0. The van der Waals surface area contributed by atoms with Gasteiger partial charge >= 0.3 is 0 Å². The summed E-state index contributed by atoms with van der Waals surface area (Å²) in [7, 11) is 0. The zero-order valence-electron chi connectivity index (χ0n) is 8.40. The molecule has 1 aliphatic rings. The van der Waals surface area contributed by atoms with Crippen LogP contribution < -0.4 is 5.73 Å². The Morgan fingerprint density at radius 3 is 2.92 bits per heavy atom. The standard InChI is InChI=1S/C9H19N3O/c1-7-4-3-5-12(7)8(2)6-9(10)11-13/h7-8,13H,3-6H2,1-2H3,(H2,10,11). The molecule has 0 aliphatic carbocycles. The first-order valence-corrected chi connectivity index (χ1v) is 4.87. The van der Waals surface area contributed by atoms with Gasteiger partial charge in [-0.2, -0.15) is 0 Å². The number of rotatable bonds is 3. The van der Waals surface area contributed by atoms with Crippen molar-refractivity contribution >= 4 is 5.84 Å². The summed E-state index contributed by atoms with van der Waals surface area (Å²) in [5.41, 5.74) is 5.46. The summed E-state index contributed by atoms with van der Waals surface area (Å²) in [5.74, 6) is 0.326. The number of oxime groups is 1. The minimum atomic E-state index is 0.326. The average molecular weight is 185 g/mol. The van der Waals surface area contributed by atoms with Crippen LogP contribution in [-0.2, 0) is 0 Å². The molecule has 0 saturated carbocycles. The van der Waals surface area contributed by atoms with Crippen LogP contribution in [0.15, 0.2) is 5.16 Å². The minimum Gasteiger partial charge on any atom is -0.409 e. The van der Waals surface area contributed by atoms with E-state index in [2.05, 4.69) is 23.9 Å². The Balaban J connectivity index is 2.42. The molecule has 0 radical (unpaired) electrons. The highest BCUT2D eigenvalue weighted by molar-refractivity contribution is 5.80. The van der Waals surface area contributed by atoms with Crippen molar-refractivity contribution in [2.75, 3.05) is 6.54 Å². The predicted octanol–water partition coefficient (Wildman–Crippen LogP) is 0.996. The third-order valence-electron chi connectivity index (χ3n) is 2.80. The summed E-state index contributed by atoms with van der Waals surface area (Å²) in [6, 6.07) is 1.02. The van der Waals surface area contributed by atoms with Crippen molar-refractivity contribution in [2.45, 2.75) is 45.2 Å². The fourth-order valence-corrected chi connectivity index (χ4v) is 2.07. The monoisotopic (exact) mass is 185 g/mol. The van der Waals surface area contributed by atoms with Crippen molar-refractivity contribution in [1.29, 1.82) is 0 Å². The molecule has 0 amide bonds. The third-order valence-corrected chi connectivity index (χ3v) is 2.80. The van der Waals surface area contributed by atoms with Crippen molar-refractivity contribution < 1.29 is 5.21 Å². The van der Waals surface area contributed by atoms with Crippen LogP contribution in [0.3, 0.4) is 0 Å². The van der Waals surface area contributed by atoms with Gasteiger partial charge in [-0.05, 0) is 33.2 Å². The lowest BCUT2D eigenvalue weighted by molar-refractivity contribution is 0.205. The number of nitrogens with zero attached hydrogens (tertiary/aromatic N) is 2. The van der Waals surface area contributed by atoms with E-state index in [-0.39, 0.29) is 0 Å². The summed E-state index contributed by atoms with van der Waals surface area (Å²) in [6.45, 7) is 5.50. The second kappa shape index (κ2) is 4.46. The Hall–Kier alpha value is -0.770. The lowest BCUT2D eigenvalue weighted by Gasteiger charge is -2.27. The van der Waals surface area contributed by atoms with Crippen molar-refractivity contribution in [3.8, 4) is 0 Å². The van der Waals surface area contributed by atoms with Gasteiger partial charge in [0.2, 0.25) is 0 Å². The Labute approximate surface area is 79.4 Å². The van der Waals surface area contributed by atoms with Crippen molar-refractivity contribution in [3.05, 3.63) is 0 Å². The quantitative estimate of drug-likeness (QED) is 0.298. The molecule has 0 spiro atoms. The fraction of sp³-hybridized carbons (Fsp3) is 0.889. The third kappa shape index (κ3) is 2.59. The average Bonchev–Trinajstić information content (AvgIpc) is 2.51. The molecule has 4 heteroatoms. The van der Waals surface area contributed by atoms with Gasteiger partial charge in [-0.25, -0.2) is 0 Å². The van der Waals surface area contributed by atoms with Crippen LogP contribution in [-0.4, -0.2) is 34.6 Å². The topological polar surface area (TPSA) is 61.8 Å². The lowest BCUT2D eigenvalue weighted by Crippen LogP contribution is -2.38. The Morgan fingerprint density at radius 1 is 1.77 bits per heavy atom. The SMILES string of the molecule is CC1CCCN1C(C)C/C(N)=N/O. The molecule has 0 aromatic heterocycles. The van der Waals surface area contributed by atoms with Crippen molar-refractivity contribution in [2.24, 2.45) is 10.9 Å². The molecule has 1 aliphatic heterocycles. The molecular formula is C9H19N3O. The number of amidine groups is 1. The van der Waals surface area contributed by atoms with E-state index in [0.29, 0.717) is 24.3 Å². The second-order valence-electron chi connectivity index (χ2n) is 3.87.